The predicted octanol–water partition coefficient (Wildman–Crippen LogP) is 2.68. The number of hydrogen-bond donors (Lipinski definition) is 3. The van der Waals surface area contributed by atoms with E-state index in [1.54, 1.807) is 42.5 Å². The summed E-state index contributed by atoms with van der Waals surface area (Å²) in [6, 6.07) is 10.7. The third-order valence-corrected chi connectivity index (χ3v) is 7.57. The van der Waals surface area contributed by atoms with Crippen LogP contribution in [0.1, 0.15) is 51.5 Å². The zero-order chi connectivity index (χ0) is 28.9. The highest BCUT2D eigenvalue weighted by molar-refractivity contribution is 7.09. The second-order valence-corrected chi connectivity index (χ2v) is 10.2. The van der Waals surface area contributed by atoms with Gasteiger partial charge in [-0.1, -0.05) is 12.1 Å². The first-order valence-electron chi connectivity index (χ1n) is 13.3. The van der Waals surface area contributed by atoms with E-state index in [1.807, 2.05) is 6.92 Å². The van der Waals surface area contributed by atoms with Crippen molar-refractivity contribution in [3.05, 3.63) is 58.6 Å². The Morgan fingerprint density at radius 2 is 1.88 bits per heavy atom. The Balaban J connectivity index is 1.61. The molecule has 0 aliphatic carbocycles. The number of ether oxygens (including phenoxy) is 4. The Bertz CT molecular complexity index is 1420. The molecular weight excluding hydrogens is 550 g/mol. The van der Waals surface area contributed by atoms with Crippen LogP contribution in [0.25, 0.3) is 0 Å². The first-order chi connectivity index (χ1) is 19.9. The van der Waals surface area contributed by atoms with Crippen molar-refractivity contribution < 1.29 is 33.3 Å². The Morgan fingerprint density at radius 1 is 1.12 bits per heavy atom. The summed E-state index contributed by atoms with van der Waals surface area (Å²) < 4.78 is 26.7. The highest BCUT2D eigenvalue weighted by Crippen LogP contribution is 2.39. The summed E-state index contributed by atoms with van der Waals surface area (Å²) in [6.45, 7) is 3.99. The van der Waals surface area contributed by atoms with E-state index in [2.05, 4.69) is 9.69 Å². The topological polar surface area (TPSA) is 168 Å². The van der Waals surface area contributed by atoms with Crippen LogP contribution in [0.15, 0.2) is 42.5 Å². The number of amides is 3. The number of anilines is 2. The SMILES string of the molecule is CCOc1ccc([C@@H](C(=O)NC[C@@H]2CCCO2)N(C(=O)c2snc(C(N)=O)c2N)c2ccc3c(c2)OCCO3)cc1. The first kappa shape index (κ1) is 28.2. The largest absolute Gasteiger partial charge is 0.494 e. The van der Waals surface area contributed by atoms with Crippen LogP contribution >= 0.6 is 11.5 Å². The Morgan fingerprint density at radius 3 is 2.54 bits per heavy atom. The molecule has 216 valence electrons. The van der Waals surface area contributed by atoms with Crippen LogP contribution in [-0.4, -0.2) is 61.2 Å². The molecule has 12 nitrogen and oxygen atoms in total. The number of fused-ring (bicyclic) bond motifs is 1. The van der Waals surface area contributed by atoms with E-state index in [-0.39, 0.29) is 28.9 Å². The van der Waals surface area contributed by atoms with Gasteiger partial charge in [0.25, 0.3) is 11.8 Å². The molecular formula is C28H31N5O7S. The number of hydrogen-bond acceptors (Lipinski definition) is 10. The minimum absolute atomic E-state index is 0.0310. The number of rotatable bonds is 10. The van der Waals surface area contributed by atoms with E-state index in [9.17, 15) is 14.4 Å². The Labute approximate surface area is 240 Å². The number of aromatic nitrogens is 1. The summed E-state index contributed by atoms with van der Waals surface area (Å²) in [4.78, 5) is 41.4. The van der Waals surface area contributed by atoms with Gasteiger partial charge in [0.15, 0.2) is 17.2 Å². The van der Waals surface area contributed by atoms with Gasteiger partial charge in [-0.15, -0.1) is 0 Å². The van der Waals surface area contributed by atoms with E-state index in [0.717, 1.165) is 24.4 Å². The van der Waals surface area contributed by atoms with E-state index in [1.165, 1.54) is 4.90 Å². The van der Waals surface area contributed by atoms with Crippen molar-refractivity contribution in [2.24, 2.45) is 5.73 Å². The van der Waals surface area contributed by atoms with Crippen molar-refractivity contribution in [2.45, 2.75) is 31.9 Å². The predicted molar refractivity (Wildman–Crippen MR) is 152 cm³/mol. The molecule has 0 bridgehead atoms. The van der Waals surface area contributed by atoms with Gasteiger partial charge in [-0.2, -0.15) is 4.37 Å². The van der Waals surface area contributed by atoms with E-state index in [4.69, 9.17) is 30.4 Å². The summed E-state index contributed by atoms with van der Waals surface area (Å²) in [5, 5.41) is 2.96. The van der Waals surface area contributed by atoms with Gasteiger partial charge in [-0.25, -0.2) is 0 Å². The Hall–Kier alpha value is -4.36. The van der Waals surface area contributed by atoms with Crippen LogP contribution in [0.5, 0.6) is 17.2 Å². The van der Waals surface area contributed by atoms with Gasteiger partial charge in [0.05, 0.1) is 18.4 Å². The van der Waals surface area contributed by atoms with E-state index >= 15 is 0 Å². The molecule has 1 aromatic heterocycles. The zero-order valence-corrected chi connectivity index (χ0v) is 23.3. The Kier molecular flexibility index (Phi) is 8.55. The summed E-state index contributed by atoms with van der Waals surface area (Å²) in [7, 11) is 0. The van der Waals surface area contributed by atoms with Crippen molar-refractivity contribution in [3.8, 4) is 17.2 Å². The van der Waals surface area contributed by atoms with Crippen LogP contribution in [0, 0.1) is 0 Å². The standard InChI is InChI=1S/C28H31N5O7S/c1-2-37-18-8-5-16(6-9-18)24(27(35)31-15-19-4-3-11-38-19)33(17-7-10-20-21(14-17)40-13-12-39-20)28(36)25-22(29)23(26(30)34)32-41-25/h5-10,14,19,24H,2-4,11-13,15,29H2,1H3,(H2,30,34)(H,31,35)/t19-,24-/m0/s1. The number of nitrogens with one attached hydrogen (secondary N) is 1. The normalized spacial score (nSPS) is 16.6. The van der Waals surface area contributed by atoms with Crippen LogP contribution in [-0.2, 0) is 9.53 Å². The number of carbonyl (C=O) groups is 3. The number of nitrogens with two attached hydrogens (primary N) is 2. The van der Waals surface area contributed by atoms with Crippen LogP contribution < -0.4 is 35.9 Å². The molecule has 3 amide bonds. The molecule has 0 unspecified atom stereocenters. The average Bonchev–Trinajstić information content (AvgIpc) is 3.64. The van der Waals surface area contributed by atoms with Gasteiger partial charge in [0, 0.05) is 24.9 Å². The number of nitrogens with zero attached hydrogens (tertiary/aromatic N) is 2. The molecule has 0 radical (unpaired) electrons. The molecule has 2 aromatic carbocycles. The van der Waals surface area contributed by atoms with Gasteiger partial charge in [0.2, 0.25) is 5.91 Å². The van der Waals surface area contributed by atoms with Crippen molar-refractivity contribution in [1.82, 2.24) is 9.69 Å². The quantitative estimate of drug-likeness (QED) is 0.326. The third kappa shape index (κ3) is 6.05. The molecule has 0 spiro atoms. The summed E-state index contributed by atoms with van der Waals surface area (Å²) in [5.74, 6) is -0.389. The molecule has 13 heteroatoms. The van der Waals surface area contributed by atoms with Gasteiger partial charge in [0.1, 0.15) is 29.9 Å². The minimum atomic E-state index is -1.15. The lowest BCUT2D eigenvalue weighted by atomic mass is 10.0. The second-order valence-electron chi connectivity index (χ2n) is 9.43. The molecule has 1 saturated heterocycles. The fraction of sp³-hybridized carbons (Fsp3) is 0.357. The fourth-order valence-electron chi connectivity index (χ4n) is 4.75. The maximum absolute atomic E-state index is 14.3. The lowest BCUT2D eigenvalue weighted by Gasteiger charge is -2.32. The van der Waals surface area contributed by atoms with E-state index in [0.29, 0.717) is 54.9 Å². The smallest absolute Gasteiger partial charge is 0.273 e. The van der Waals surface area contributed by atoms with Crippen LogP contribution in [0.3, 0.4) is 0 Å². The van der Waals surface area contributed by atoms with E-state index < -0.39 is 23.8 Å². The number of nitrogen functional groups attached to an aromatic ring is 1. The molecule has 2 aliphatic rings. The minimum Gasteiger partial charge on any atom is -0.494 e. The zero-order valence-electron chi connectivity index (χ0n) is 22.5. The van der Waals surface area contributed by atoms with Gasteiger partial charge in [-0.3, -0.25) is 19.3 Å². The molecule has 41 heavy (non-hydrogen) atoms. The maximum Gasteiger partial charge on any atom is 0.273 e. The molecule has 5 rings (SSSR count). The highest BCUT2D eigenvalue weighted by atomic mass is 32.1. The lowest BCUT2D eigenvalue weighted by molar-refractivity contribution is -0.123. The maximum atomic E-state index is 14.3. The van der Waals surface area contributed by atoms with Crippen LogP contribution in [0.2, 0.25) is 0 Å². The van der Waals surface area contributed by atoms with Crippen molar-refractivity contribution in [2.75, 3.05) is 43.6 Å². The molecule has 2 atom stereocenters. The number of benzene rings is 2. The molecule has 1 fully saturated rings. The van der Waals surface area contributed by atoms with Crippen LogP contribution in [0.4, 0.5) is 11.4 Å². The molecule has 3 aromatic rings. The fourth-order valence-corrected chi connectivity index (χ4v) is 5.49. The molecule has 0 saturated carbocycles. The summed E-state index contributed by atoms with van der Waals surface area (Å²) >= 11 is 0.737. The summed E-state index contributed by atoms with van der Waals surface area (Å²) in [5.41, 5.74) is 12.1. The second kappa shape index (κ2) is 12.4. The van der Waals surface area contributed by atoms with Crippen molar-refractivity contribution in [1.29, 1.82) is 0 Å². The number of carbonyl (C=O) groups excluding carboxylic acids is 3. The monoisotopic (exact) mass is 581 g/mol. The average molecular weight is 582 g/mol. The van der Waals surface area contributed by atoms with Crippen molar-refractivity contribution >= 4 is 40.6 Å². The number of primary amides is 1. The third-order valence-electron chi connectivity index (χ3n) is 6.72. The van der Waals surface area contributed by atoms with Gasteiger partial charge < -0.3 is 35.7 Å². The lowest BCUT2D eigenvalue weighted by Crippen LogP contribution is -2.45. The first-order valence-corrected chi connectivity index (χ1v) is 14.0. The van der Waals surface area contributed by atoms with Crippen molar-refractivity contribution in [3.63, 3.8) is 0 Å². The molecule has 3 heterocycles. The summed E-state index contributed by atoms with van der Waals surface area (Å²) in [6.07, 6.45) is 1.62. The van der Waals surface area contributed by atoms with Gasteiger partial charge >= 0.3 is 0 Å². The highest BCUT2D eigenvalue weighted by Gasteiger charge is 2.37. The van der Waals surface area contributed by atoms with Gasteiger partial charge in [-0.05, 0) is 61.1 Å². The molecule has 2 aliphatic heterocycles. The molecule has 5 N–H and O–H groups in total.